The van der Waals surface area contributed by atoms with Crippen LogP contribution in [0.2, 0.25) is 0 Å². The summed E-state index contributed by atoms with van der Waals surface area (Å²) in [5, 5.41) is 5.04. The first-order chi connectivity index (χ1) is 8.10. The van der Waals surface area contributed by atoms with Crippen molar-refractivity contribution in [3.8, 4) is 0 Å². The minimum Gasteiger partial charge on any atom is -0.370 e. The zero-order valence-corrected chi connectivity index (χ0v) is 12.3. The molecule has 17 heavy (non-hydrogen) atoms. The highest BCUT2D eigenvalue weighted by Gasteiger charge is 2.16. The van der Waals surface area contributed by atoms with E-state index >= 15 is 0 Å². The van der Waals surface area contributed by atoms with Crippen molar-refractivity contribution < 1.29 is 0 Å². The van der Waals surface area contributed by atoms with Gasteiger partial charge in [-0.25, -0.2) is 9.97 Å². The number of aromatic nitrogens is 2. The highest BCUT2D eigenvalue weighted by Crippen LogP contribution is 2.33. The summed E-state index contributed by atoms with van der Waals surface area (Å²) in [5.74, 6) is 1.43. The summed E-state index contributed by atoms with van der Waals surface area (Å²) >= 11 is 1.85. The summed E-state index contributed by atoms with van der Waals surface area (Å²) < 4.78 is 0. The molecule has 0 bridgehead atoms. The summed E-state index contributed by atoms with van der Waals surface area (Å²) in [5.41, 5.74) is 1.25. The summed E-state index contributed by atoms with van der Waals surface area (Å²) in [6.45, 7) is 11.8. The Bertz CT molecular complexity index is 353. The van der Waals surface area contributed by atoms with Gasteiger partial charge in [-0.15, -0.1) is 11.8 Å². The maximum absolute atomic E-state index is 4.44. The van der Waals surface area contributed by atoms with Crippen molar-refractivity contribution in [1.29, 1.82) is 0 Å². The van der Waals surface area contributed by atoms with Gasteiger partial charge in [0.25, 0.3) is 0 Å². The van der Waals surface area contributed by atoms with Crippen molar-refractivity contribution in [2.75, 3.05) is 11.9 Å². The summed E-state index contributed by atoms with van der Waals surface area (Å²) in [7, 11) is 0. The van der Waals surface area contributed by atoms with Crippen LogP contribution in [0.4, 0.5) is 5.82 Å². The second-order valence-corrected chi connectivity index (χ2v) is 5.89. The summed E-state index contributed by atoms with van der Waals surface area (Å²) in [4.78, 5) is 8.79. The van der Waals surface area contributed by atoms with Crippen LogP contribution >= 0.6 is 11.8 Å². The Balaban J connectivity index is 3.06. The van der Waals surface area contributed by atoms with Crippen LogP contribution in [0.5, 0.6) is 0 Å². The van der Waals surface area contributed by atoms with E-state index in [1.165, 1.54) is 5.56 Å². The molecule has 0 saturated carbocycles. The number of rotatable bonds is 6. The predicted octanol–water partition coefficient (Wildman–Crippen LogP) is 3.92. The van der Waals surface area contributed by atoms with Crippen molar-refractivity contribution in [2.24, 2.45) is 0 Å². The number of thioether (sulfide) groups is 1. The van der Waals surface area contributed by atoms with Gasteiger partial charge in [0.05, 0.1) is 0 Å². The Morgan fingerprint density at radius 3 is 2.47 bits per heavy atom. The molecular weight excluding hydrogens is 230 g/mol. The van der Waals surface area contributed by atoms with E-state index in [0.29, 0.717) is 11.2 Å². The number of hydrogen-bond acceptors (Lipinski definition) is 4. The number of nitrogens with one attached hydrogen (secondary N) is 1. The minimum absolute atomic E-state index is 0.441. The highest BCUT2D eigenvalue weighted by atomic mass is 32.2. The van der Waals surface area contributed by atoms with Gasteiger partial charge in [-0.05, 0) is 19.3 Å². The second kappa shape index (κ2) is 6.84. The Kier molecular flexibility index (Phi) is 5.75. The molecule has 0 saturated heterocycles. The molecule has 4 heteroatoms. The number of anilines is 1. The minimum atomic E-state index is 0.441. The lowest BCUT2D eigenvalue weighted by atomic mass is 10.1. The normalized spacial score (nSPS) is 12.8. The van der Waals surface area contributed by atoms with E-state index in [-0.39, 0.29) is 0 Å². The van der Waals surface area contributed by atoms with Crippen LogP contribution < -0.4 is 5.32 Å². The summed E-state index contributed by atoms with van der Waals surface area (Å²) in [6.07, 6.45) is 2.82. The van der Waals surface area contributed by atoms with E-state index in [9.17, 15) is 0 Å². The van der Waals surface area contributed by atoms with Gasteiger partial charge in [0, 0.05) is 17.4 Å². The molecule has 0 spiro atoms. The first-order valence-corrected chi connectivity index (χ1v) is 7.23. The molecule has 0 fully saturated rings. The SMILES string of the molecule is CCNc1ncnc(SC(C)CC)c1C(C)C. The Morgan fingerprint density at radius 1 is 1.24 bits per heavy atom. The molecule has 1 heterocycles. The van der Waals surface area contributed by atoms with Crippen LogP contribution in [0.25, 0.3) is 0 Å². The van der Waals surface area contributed by atoms with Crippen molar-refractivity contribution >= 4 is 17.6 Å². The van der Waals surface area contributed by atoms with Gasteiger partial charge in [-0.3, -0.25) is 0 Å². The van der Waals surface area contributed by atoms with E-state index in [2.05, 4.69) is 49.9 Å². The molecule has 0 radical (unpaired) electrons. The van der Waals surface area contributed by atoms with Gasteiger partial charge >= 0.3 is 0 Å². The van der Waals surface area contributed by atoms with E-state index in [1.54, 1.807) is 6.33 Å². The fourth-order valence-electron chi connectivity index (χ4n) is 1.58. The topological polar surface area (TPSA) is 37.8 Å². The molecule has 0 amide bonds. The van der Waals surface area contributed by atoms with Crippen molar-refractivity contribution in [1.82, 2.24) is 9.97 Å². The lowest BCUT2D eigenvalue weighted by Crippen LogP contribution is -2.08. The molecule has 0 aliphatic rings. The Morgan fingerprint density at radius 2 is 1.94 bits per heavy atom. The standard InChI is InChI=1S/C13H23N3S/c1-6-10(5)17-13-11(9(3)4)12(14-7-2)15-8-16-13/h8-10H,6-7H2,1-5H3,(H,14,15,16). The van der Waals surface area contributed by atoms with E-state index < -0.39 is 0 Å². The maximum atomic E-state index is 4.44. The Labute approximate surface area is 109 Å². The van der Waals surface area contributed by atoms with E-state index in [1.807, 2.05) is 11.8 Å². The third-order valence-corrected chi connectivity index (χ3v) is 3.94. The quantitative estimate of drug-likeness (QED) is 0.616. The molecule has 1 N–H and O–H groups in total. The molecule has 1 atom stereocenters. The second-order valence-electron chi connectivity index (χ2n) is 4.46. The monoisotopic (exact) mass is 253 g/mol. The number of nitrogens with zero attached hydrogens (tertiary/aromatic N) is 2. The molecule has 1 rings (SSSR count). The maximum Gasteiger partial charge on any atom is 0.133 e. The molecule has 0 aliphatic heterocycles. The summed E-state index contributed by atoms with van der Waals surface area (Å²) in [6, 6.07) is 0. The van der Waals surface area contributed by atoms with E-state index in [4.69, 9.17) is 0 Å². The zero-order valence-electron chi connectivity index (χ0n) is 11.4. The van der Waals surface area contributed by atoms with Gasteiger partial charge in [0.2, 0.25) is 0 Å². The molecule has 0 aliphatic carbocycles. The van der Waals surface area contributed by atoms with Gasteiger partial charge in [0.1, 0.15) is 17.2 Å². The zero-order chi connectivity index (χ0) is 12.8. The fourth-order valence-corrected chi connectivity index (χ4v) is 2.69. The first kappa shape index (κ1) is 14.3. The van der Waals surface area contributed by atoms with Gasteiger partial charge in [0.15, 0.2) is 0 Å². The fraction of sp³-hybridized carbons (Fsp3) is 0.692. The predicted molar refractivity (Wildman–Crippen MR) is 75.9 cm³/mol. The van der Waals surface area contributed by atoms with Crippen molar-refractivity contribution in [3.63, 3.8) is 0 Å². The van der Waals surface area contributed by atoms with Crippen LogP contribution in [0.3, 0.4) is 0 Å². The van der Waals surface area contributed by atoms with Gasteiger partial charge in [-0.1, -0.05) is 27.7 Å². The molecule has 1 unspecified atom stereocenters. The van der Waals surface area contributed by atoms with Crippen LogP contribution in [-0.2, 0) is 0 Å². The van der Waals surface area contributed by atoms with E-state index in [0.717, 1.165) is 23.8 Å². The highest BCUT2D eigenvalue weighted by molar-refractivity contribution is 7.99. The average molecular weight is 253 g/mol. The van der Waals surface area contributed by atoms with Crippen LogP contribution in [0.1, 0.15) is 52.5 Å². The lowest BCUT2D eigenvalue weighted by molar-refractivity contribution is 0.799. The van der Waals surface area contributed by atoms with Gasteiger partial charge in [-0.2, -0.15) is 0 Å². The van der Waals surface area contributed by atoms with Crippen LogP contribution in [0, 0.1) is 0 Å². The first-order valence-electron chi connectivity index (χ1n) is 6.35. The molecule has 96 valence electrons. The number of hydrogen-bond donors (Lipinski definition) is 1. The van der Waals surface area contributed by atoms with Crippen LogP contribution in [0.15, 0.2) is 11.4 Å². The smallest absolute Gasteiger partial charge is 0.133 e. The molecular formula is C13H23N3S. The largest absolute Gasteiger partial charge is 0.370 e. The van der Waals surface area contributed by atoms with Crippen LogP contribution in [-0.4, -0.2) is 21.8 Å². The van der Waals surface area contributed by atoms with Crippen molar-refractivity contribution in [2.45, 2.75) is 57.2 Å². The van der Waals surface area contributed by atoms with Gasteiger partial charge < -0.3 is 5.32 Å². The lowest BCUT2D eigenvalue weighted by Gasteiger charge is -2.17. The molecule has 3 nitrogen and oxygen atoms in total. The molecule has 1 aromatic heterocycles. The van der Waals surface area contributed by atoms with Crippen molar-refractivity contribution in [3.05, 3.63) is 11.9 Å². The third-order valence-electron chi connectivity index (χ3n) is 2.66. The average Bonchev–Trinajstić information content (AvgIpc) is 2.29. The Hall–Kier alpha value is -0.770. The molecule has 0 aromatic carbocycles. The third kappa shape index (κ3) is 3.87. The molecule has 1 aromatic rings.